The zero-order valence-electron chi connectivity index (χ0n) is 10.5. The summed E-state index contributed by atoms with van der Waals surface area (Å²) in [7, 11) is 0. The molecule has 0 saturated heterocycles. The maximum absolute atomic E-state index is 13.6. The van der Waals surface area contributed by atoms with Gasteiger partial charge in [0, 0.05) is 0 Å². The summed E-state index contributed by atoms with van der Waals surface area (Å²) >= 11 is 3.38. The normalized spacial score (nSPS) is 12.7. The van der Waals surface area contributed by atoms with Crippen LogP contribution in [0.15, 0.2) is 22.7 Å². The van der Waals surface area contributed by atoms with Gasteiger partial charge in [0.2, 0.25) is 0 Å². The smallest absolute Gasteiger partial charge is 0.137 e. The fourth-order valence-corrected chi connectivity index (χ4v) is 2.11. The molecule has 0 aliphatic rings. The van der Waals surface area contributed by atoms with Crippen LogP contribution in [0.25, 0.3) is 0 Å². The molecule has 0 radical (unpaired) electrons. The van der Waals surface area contributed by atoms with Crippen LogP contribution in [0.3, 0.4) is 0 Å². The van der Waals surface area contributed by atoms with Gasteiger partial charge in [-0.25, -0.2) is 9.07 Å². The zero-order chi connectivity index (χ0) is 13.4. The van der Waals surface area contributed by atoms with E-state index in [1.54, 1.807) is 17.7 Å². The number of nitrogens with zero attached hydrogens (tertiary/aromatic N) is 2. The number of rotatable bonds is 2. The van der Waals surface area contributed by atoms with Gasteiger partial charge in [0.05, 0.1) is 16.2 Å². The Balaban J connectivity index is 2.44. The van der Waals surface area contributed by atoms with Crippen LogP contribution in [0.2, 0.25) is 0 Å². The Bertz CT molecular complexity index is 592. The molecule has 96 valence electrons. The van der Waals surface area contributed by atoms with Gasteiger partial charge in [-0.3, -0.25) is 0 Å². The first-order valence-electron chi connectivity index (χ1n) is 5.68. The van der Waals surface area contributed by atoms with E-state index in [4.69, 9.17) is 5.73 Å². The Morgan fingerprint density at radius 2 is 2.06 bits per heavy atom. The molecule has 0 saturated carbocycles. The van der Waals surface area contributed by atoms with E-state index in [9.17, 15) is 4.39 Å². The van der Waals surface area contributed by atoms with E-state index >= 15 is 0 Å². The van der Waals surface area contributed by atoms with E-state index in [2.05, 4.69) is 21.0 Å². The quantitative estimate of drug-likeness (QED) is 0.921. The fourth-order valence-electron chi connectivity index (χ4n) is 1.85. The van der Waals surface area contributed by atoms with Crippen LogP contribution < -0.4 is 5.73 Å². The number of aryl methyl sites for hydroxylation is 2. The number of nitrogens with two attached hydrogens (primary N) is 1. The van der Waals surface area contributed by atoms with Crippen molar-refractivity contribution in [3.05, 3.63) is 45.3 Å². The van der Waals surface area contributed by atoms with Crippen molar-refractivity contribution in [2.24, 2.45) is 0 Å². The molecule has 0 aliphatic carbocycles. The minimum Gasteiger partial charge on any atom is -0.383 e. The molecular weight excluding hydrogens is 297 g/mol. The Morgan fingerprint density at radius 1 is 1.39 bits per heavy atom. The van der Waals surface area contributed by atoms with Gasteiger partial charge in [-0.1, -0.05) is 12.1 Å². The third kappa shape index (κ3) is 2.14. The van der Waals surface area contributed by atoms with E-state index in [0.717, 1.165) is 15.7 Å². The van der Waals surface area contributed by atoms with Crippen LogP contribution in [0.5, 0.6) is 0 Å². The van der Waals surface area contributed by atoms with Gasteiger partial charge in [0.1, 0.15) is 11.6 Å². The van der Waals surface area contributed by atoms with Crippen LogP contribution in [0.1, 0.15) is 29.8 Å². The van der Waals surface area contributed by atoms with Gasteiger partial charge < -0.3 is 5.73 Å². The largest absolute Gasteiger partial charge is 0.383 e. The molecule has 2 aromatic rings. The lowest BCUT2D eigenvalue weighted by atomic mass is 10.1. The molecular formula is C13H15BrFN3. The molecule has 0 bridgehead atoms. The van der Waals surface area contributed by atoms with Crippen molar-refractivity contribution in [3.8, 4) is 0 Å². The predicted octanol–water partition coefficient (Wildman–Crippen LogP) is 3.59. The Kier molecular flexibility index (Phi) is 3.43. The number of hydrogen-bond donors (Lipinski definition) is 1. The molecule has 0 aliphatic heterocycles. The molecule has 1 aromatic carbocycles. The van der Waals surface area contributed by atoms with Crippen LogP contribution in [-0.2, 0) is 0 Å². The standard InChI is InChI=1S/C13H15BrFN3/c1-7-4-5-10(6-11(7)15)9(3)18-13(16)12(14)8(2)17-18/h4-6,9H,16H2,1-3H3. The first kappa shape index (κ1) is 13.1. The lowest BCUT2D eigenvalue weighted by molar-refractivity contribution is 0.558. The molecule has 5 heteroatoms. The number of benzene rings is 1. The maximum atomic E-state index is 13.6. The number of halogens is 2. The molecule has 0 fully saturated rings. The zero-order valence-corrected chi connectivity index (χ0v) is 12.1. The summed E-state index contributed by atoms with van der Waals surface area (Å²) in [5.41, 5.74) is 8.28. The van der Waals surface area contributed by atoms with Crippen molar-refractivity contribution >= 4 is 21.7 Å². The van der Waals surface area contributed by atoms with Crippen LogP contribution in [0.4, 0.5) is 10.2 Å². The molecule has 2 N–H and O–H groups in total. The highest BCUT2D eigenvalue weighted by Crippen LogP contribution is 2.29. The SMILES string of the molecule is Cc1ccc(C(C)n2nc(C)c(Br)c2N)cc1F. The Hall–Kier alpha value is -1.36. The van der Waals surface area contributed by atoms with Crippen LogP contribution in [0, 0.1) is 19.7 Å². The maximum Gasteiger partial charge on any atom is 0.137 e. The van der Waals surface area contributed by atoms with E-state index in [1.165, 1.54) is 6.07 Å². The molecule has 1 aromatic heterocycles. The molecule has 1 atom stereocenters. The van der Waals surface area contributed by atoms with E-state index in [-0.39, 0.29) is 11.9 Å². The summed E-state index contributed by atoms with van der Waals surface area (Å²) in [5, 5.41) is 4.36. The summed E-state index contributed by atoms with van der Waals surface area (Å²) in [5.74, 6) is 0.349. The van der Waals surface area contributed by atoms with Crippen molar-refractivity contribution in [1.29, 1.82) is 0 Å². The second-order valence-electron chi connectivity index (χ2n) is 4.41. The fraction of sp³-hybridized carbons (Fsp3) is 0.308. The van der Waals surface area contributed by atoms with E-state index in [1.807, 2.05) is 19.9 Å². The van der Waals surface area contributed by atoms with Crippen molar-refractivity contribution < 1.29 is 4.39 Å². The second kappa shape index (κ2) is 4.72. The number of aromatic nitrogens is 2. The highest BCUT2D eigenvalue weighted by Gasteiger charge is 2.17. The topological polar surface area (TPSA) is 43.8 Å². The molecule has 0 spiro atoms. The predicted molar refractivity (Wildman–Crippen MR) is 74.0 cm³/mol. The summed E-state index contributed by atoms with van der Waals surface area (Å²) in [4.78, 5) is 0. The molecule has 2 rings (SSSR count). The number of nitrogen functional groups attached to an aromatic ring is 1. The first-order valence-corrected chi connectivity index (χ1v) is 6.47. The summed E-state index contributed by atoms with van der Waals surface area (Å²) in [6.07, 6.45) is 0. The minimum atomic E-state index is -0.208. The van der Waals surface area contributed by atoms with Gasteiger partial charge in [-0.2, -0.15) is 5.10 Å². The summed E-state index contributed by atoms with van der Waals surface area (Å²) in [6, 6.07) is 5.09. The van der Waals surface area contributed by atoms with Crippen molar-refractivity contribution in [2.45, 2.75) is 26.8 Å². The van der Waals surface area contributed by atoms with Crippen LogP contribution in [-0.4, -0.2) is 9.78 Å². The Morgan fingerprint density at radius 3 is 2.56 bits per heavy atom. The monoisotopic (exact) mass is 311 g/mol. The number of hydrogen-bond acceptors (Lipinski definition) is 2. The highest BCUT2D eigenvalue weighted by atomic mass is 79.9. The Labute approximate surface area is 114 Å². The molecule has 0 amide bonds. The average Bonchev–Trinajstić information content (AvgIpc) is 2.60. The van der Waals surface area contributed by atoms with Gasteiger partial charge >= 0.3 is 0 Å². The van der Waals surface area contributed by atoms with E-state index in [0.29, 0.717) is 11.4 Å². The number of anilines is 1. The third-order valence-electron chi connectivity index (χ3n) is 3.09. The lowest BCUT2D eigenvalue weighted by Gasteiger charge is -2.15. The van der Waals surface area contributed by atoms with Gasteiger partial charge in [0.15, 0.2) is 0 Å². The van der Waals surface area contributed by atoms with Crippen molar-refractivity contribution in [1.82, 2.24) is 9.78 Å². The van der Waals surface area contributed by atoms with Crippen molar-refractivity contribution in [3.63, 3.8) is 0 Å². The summed E-state index contributed by atoms with van der Waals surface area (Å²) < 4.78 is 16.1. The van der Waals surface area contributed by atoms with Gasteiger partial charge in [-0.05, 0) is 53.9 Å². The highest BCUT2D eigenvalue weighted by molar-refractivity contribution is 9.10. The second-order valence-corrected chi connectivity index (χ2v) is 5.21. The third-order valence-corrected chi connectivity index (χ3v) is 4.07. The van der Waals surface area contributed by atoms with E-state index < -0.39 is 0 Å². The van der Waals surface area contributed by atoms with Gasteiger partial charge in [-0.15, -0.1) is 0 Å². The minimum absolute atomic E-state index is 0.106. The van der Waals surface area contributed by atoms with Gasteiger partial charge in [0.25, 0.3) is 0 Å². The lowest BCUT2D eigenvalue weighted by Crippen LogP contribution is -2.12. The molecule has 18 heavy (non-hydrogen) atoms. The molecule has 1 heterocycles. The van der Waals surface area contributed by atoms with Crippen LogP contribution >= 0.6 is 15.9 Å². The first-order chi connectivity index (χ1) is 8.41. The summed E-state index contributed by atoms with van der Waals surface area (Å²) in [6.45, 7) is 5.56. The molecule has 3 nitrogen and oxygen atoms in total. The average molecular weight is 312 g/mol. The van der Waals surface area contributed by atoms with Crippen molar-refractivity contribution in [2.75, 3.05) is 5.73 Å². The molecule has 1 unspecified atom stereocenters.